The first-order valence-corrected chi connectivity index (χ1v) is 5.16. The van der Waals surface area contributed by atoms with E-state index >= 15 is 0 Å². The van der Waals surface area contributed by atoms with Crippen molar-refractivity contribution >= 4 is 5.97 Å². The van der Waals surface area contributed by atoms with Crippen LogP contribution in [0.4, 0.5) is 0 Å². The molecule has 2 N–H and O–H groups in total. The van der Waals surface area contributed by atoms with Crippen LogP contribution >= 0.6 is 0 Å². The maximum absolute atomic E-state index is 10.3. The molecule has 0 fully saturated rings. The molecule has 17 heavy (non-hydrogen) atoms. The van der Waals surface area contributed by atoms with Crippen LogP contribution in [0, 0.1) is 0 Å². The predicted octanol–water partition coefficient (Wildman–Crippen LogP) is 0.652. The number of rotatable bonds is 6. The Kier molecular flexibility index (Phi) is 3.43. The summed E-state index contributed by atoms with van der Waals surface area (Å²) in [6.07, 6.45) is 3.52. The number of carbonyl (C=O) groups is 1. The number of hydrogen-bond donors (Lipinski definition) is 2. The minimum Gasteiger partial charge on any atom is -0.481 e. The summed E-state index contributed by atoms with van der Waals surface area (Å²) in [5.41, 5.74) is 0.519. The standard InChI is InChI=1S/C9H11N5O3/c15-8(16)4-2-1-3-7-11-9(13-17-7)6-5-10-14-12-6/h5H,1-4H2,(H,15,16)(H,10,12,14). The number of carboxylic acid groups (broad SMARTS) is 1. The van der Waals surface area contributed by atoms with Crippen LogP contribution in [0.2, 0.25) is 0 Å². The van der Waals surface area contributed by atoms with Gasteiger partial charge in [-0.1, -0.05) is 5.16 Å². The van der Waals surface area contributed by atoms with Crippen LogP contribution in [-0.4, -0.2) is 36.6 Å². The van der Waals surface area contributed by atoms with Gasteiger partial charge >= 0.3 is 5.97 Å². The molecule has 8 heteroatoms. The molecule has 0 aliphatic rings. The average molecular weight is 237 g/mol. The molecular weight excluding hydrogens is 226 g/mol. The maximum Gasteiger partial charge on any atom is 0.303 e. The van der Waals surface area contributed by atoms with Gasteiger partial charge in [-0.15, -0.1) is 0 Å². The van der Waals surface area contributed by atoms with Gasteiger partial charge in [0, 0.05) is 12.8 Å². The van der Waals surface area contributed by atoms with Crippen molar-refractivity contribution in [3.05, 3.63) is 12.1 Å². The fourth-order valence-electron chi connectivity index (χ4n) is 1.32. The number of nitrogens with one attached hydrogen (secondary N) is 1. The number of aliphatic carboxylic acids is 1. The molecule has 0 saturated carbocycles. The van der Waals surface area contributed by atoms with Gasteiger partial charge in [0.25, 0.3) is 0 Å². The first-order valence-electron chi connectivity index (χ1n) is 5.16. The lowest BCUT2D eigenvalue weighted by Gasteiger charge is -1.92. The second-order valence-corrected chi connectivity index (χ2v) is 3.47. The molecule has 0 aliphatic carbocycles. The van der Waals surface area contributed by atoms with Crippen molar-refractivity contribution in [2.45, 2.75) is 25.7 Å². The Labute approximate surface area is 96.0 Å². The molecule has 0 aromatic carbocycles. The molecule has 0 atom stereocenters. The van der Waals surface area contributed by atoms with Gasteiger partial charge in [-0.05, 0) is 12.8 Å². The van der Waals surface area contributed by atoms with Gasteiger partial charge in [-0.2, -0.15) is 20.4 Å². The van der Waals surface area contributed by atoms with Crippen LogP contribution in [-0.2, 0) is 11.2 Å². The van der Waals surface area contributed by atoms with Crippen LogP contribution in [0.25, 0.3) is 11.5 Å². The topological polar surface area (TPSA) is 118 Å². The SMILES string of the molecule is O=C(O)CCCCc1nc(-c2cn[nH]n2)no1. The molecule has 0 aliphatic heterocycles. The normalized spacial score (nSPS) is 10.6. The maximum atomic E-state index is 10.3. The Balaban J connectivity index is 1.84. The summed E-state index contributed by atoms with van der Waals surface area (Å²) in [6.45, 7) is 0. The van der Waals surface area contributed by atoms with E-state index in [1.807, 2.05) is 0 Å². The molecule has 0 saturated heterocycles. The summed E-state index contributed by atoms with van der Waals surface area (Å²) in [5.74, 6) is 0.0687. The number of unbranched alkanes of at least 4 members (excludes halogenated alkanes) is 1. The highest BCUT2D eigenvalue weighted by molar-refractivity contribution is 5.66. The van der Waals surface area contributed by atoms with Gasteiger partial charge in [0.05, 0.1) is 6.20 Å². The van der Waals surface area contributed by atoms with E-state index in [0.717, 1.165) is 0 Å². The van der Waals surface area contributed by atoms with E-state index in [1.165, 1.54) is 6.20 Å². The van der Waals surface area contributed by atoms with E-state index in [2.05, 4.69) is 25.6 Å². The van der Waals surface area contributed by atoms with Gasteiger partial charge in [0.2, 0.25) is 11.7 Å². The number of nitrogens with zero attached hydrogens (tertiary/aromatic N) is 4. The van der Waals surface area contributed by atoms with E-state index in [1.54, 1.807) is 0 Å². The summed E-state index contributed by atoms with van der Waals surface area (Å²) in [5, 5.41) is 22.1. The summed E-state index contributed by atoms with van der Waals surface area (Å²) < 4.78 is 5.01. The Morgan fingerprint density at radius 3 is 3.06 bits per heavy atom. The first kappa shape index (κ1) is 11.2. The number of carboxylic acids is 1. The van der Waals surface area contributed by atoms with E-state index in [4.69, 9.17) is 9.63 Å². The van der Waals surface area contributed by atoms with E-state index in [0.29, 0.717) is 36.7 Å². The van der Waals surface area contributed by atoms with Gasteiger partial charge < -0.3 is 9.63 Å². The second kappa shape index (κ2) is 5.19. The predicted molar refractivity (Wildman–Crippen MR) is 54.9 cm³/mol. The van der Waals surface area contributed by atoms with Crippen LogP contribution < -0.4 is 0 Å². The van der Waals surface area contributed by atoms with Crippen molar-refractivity contribution in [2.24, 2.45) is 0 Å². The quantitative estimate of drug-likeness (QED) is 0.708. The summed E-state index contributed by atoms with van der Waals surface area (Å²) in [4.78, 5) is 14.4. The monoisotopic (exact) mass is 237 g/mol. The van der Waals surface area contributed by atoms with E-state index < -0.39 is 5.97 Å². The molecule has 2 aromatic rings. The minimum absolute atomic E-state index is 0.157. The number of hydrogen-bond acceptors (Lipinski definition) is 6. The smallest absolute Gasteiger partial charge is 0.303 e. The summed E-state index contributed by atoms with van der Waals surface area (Å²) in [6, 6.07) is 0. The third-order valence-corrected chi connectivity index (χ3v) is 2.14. The third-order valence-electron chi connectivity index (χ3n) is 2.14. The highest BCUT2D eigenvalue weighted by atomic mass is 16.5. The molecule has 0 spiro atoms. The largest absolute Gasteiger partial charge is 0.481 e. The zero-order chi connectivity index (χ0) is 12.1. The zero-order valence-electron chi connectivity index (χ0n) is 8.96. The summed E-state index contributed by atoms with van der Waals surface area (Å²) >= 11 is 0. The number of aryl methyl sites for hydroxylation is 1. The van der Waals surface area contributed by atoms with Crippen molar-refractivity contribution in [3.63, 3.8) is 0 Å². The fourth-order valence-corrected chi connectivity index (χ4v) is 1.32. The van der Waals surface area contributed by atoms with Crippen molar-refractivity contribution in [2.75, 3.05) is 0 Å². The van der Waals surface area contributed by atoms with Crippen LogP contribution in [0.3, 0.4) is 0 Å². The van der Waals surface area contributed by atoms with Gasteiger partial charge in [-0.25, -0.2) is 0 Å². The molecule has 2 aromatic heterocycles. The molecule has 0 amide bonds. The molecule has 0 radical (unpaired) electrons. The molecule has 2 rings (SSSR count). The minimum atomic E-state index is -0.793. The van der Waals surface area contributed by atoms with Crippen LogP contribution in [0.5, 0.6) is 0 Å². The third kappa shape index (κ3) is 3.10. The number of H-pyrrole nitrogens is 1. The second-order valence-electron chi connectivity index (χ2n) is 3.47. The Hall–Kier alpha value is -2.25. The zero-order valence-corrected chi connectivity index (χ0v) is 8.96. The Morgan fingerprint density at radius 1 is 1.47 bits per heavy atom. The van der Waals surface area contributed by atoms with Gasteiger partial charge in [0.1, 0.15) is 0 Å². The number of aromatic amines is 1. The Morgan fingerprint density at radius 2 is 2.35 bits per heavy atom. The van der Waals surface area contributed by atoms with Crippen molar-refractivity contribution in [1.29, 1.82) is 0 Å². The van der Waals surface area contributed by atoms with Gasteiger partial charge in [-0.3, -0.25) is 4.79 Å². The Bertz CT molecular complexity index is 479. The highest BCUT2D eigenvalue weighted by Crippen LogP contribution is 2.12. The molecule has 8 nitrogen and oxygen atoms in total. The molecule has 2 heterocycles. The number of aromatic nitrogens is 5. The molecule has 0 bridgehead atoms. The highest BCUT2D eigenvalue weighted by Gasteiger charge is 2.10. The van der Waals surface area contributed by atoms with Crippen LogP contribution in [0.15, 0.2) is 10.7 Å². The lowest BCUT2D eigenvalue weighted by molar-refractivity contribution is -0.137. The van der Waals surface area contributed by atoms with Crippen molar-refractivity contribution in [1.82, 2.24) is 25.6 Å². The van der Waals surface area contributed by atoms with Gasteiger partial charge in [0.15, 0.2) is 5.69 Å². The lowest BCUT2D eigenvalue weighted by Crippen LogP contribution is -1.95. The first-order chi connectivity index (χ1) is 8.25. The van der Waals surface area contributed by atoms with Crippen molar-refractivity contribution in [3.8, 4) is 11.5 Å². The molecule has 0 unspecified atom stereocenters. The fraction of sp³-hybridized carbons (Fsp3) is 0.444. The lowest BCUT2D eigenvalue weighted by atomic mass is 10.2. The van der Waals surface area contributed by atoms with E-state index in [-0.39, 0.29) is 6.42 Å². The molecular formula is C9H11N5O3. The molecule has 90 valence electrons. The summed E-state index contributed by atoms with van der Waals surface area (Å²) in [7, 11) is 0. The van der Waals surface area contributed by atoms with Crippen LogP contribution in [0.1, 0.15) is 25.2 Å². The van der Waals surface area contributed by atoms with E-state index in [9.17, 15) is 4.79 Å². The average Bonchev–Trinajstić information content (AvgIpc) is 2.94. The van der Waals surface area contributed by atoms with Crippen molar-refractivity contribution < 1.29 is 14.4 Å².